The molecule has 0 radical (unpaired) electrons. The van der Waals surface area contributed by atoms with Crippen molar-refractivity contribution in [1.82, 2.24) is 21.7 Å². The second kappa shape index (κ2) is 11.4. The fourth-order valence-corrected chi connectivity index (χ4v) is 5.79. The molecule has 0 aromatic rings. The zero-order chi connectivity index (χ0) is 19.7. The van der Waals surface area contributed by atoms with Gasteiger partial charge in [0.2, 0.25) is 0 Å². The van der Waals surface area contributed by atoms with Crippen molar-refractivity contribution in [2.24, 2.45) is 11.8 Å². The van der Waals surface area contributed by atoms with Gasteiger partial charge in [-0.3, -0.25) is 0 Å². The minimum absolute atomic E-state index is 0.687. The Morgan fingerprint density at radius 1 is 0.586 bits per heavy atom. The molecule has 4 heteroatoms. The minimum atomic E-state index is 0.687. The van der Waals surface area contributed by atoms with Crippen molar-refractivity contribution >= 4 is 0 Å². The van der Waals surface area contributed by atoms with Crippen LogP contribution in [0.15, 0.2) is 23.5 Å². The Morgan fingerprint density at radius 2 is 1.03 bits per heavy atom. The van der Waals surface area contributed by atoms with Gasteiger partial charge in [-0.1, -0.05) is 50.7 Å². The molecule has 0 bridgehead atoms. The van der Waals surface area contributed by atoms with Crippen molar-refractivity contribution in [3.63, 3.8) is 0 Å². The van der Waals surface area contributed by atoms with E-state index in [1.165, 1.54) is 121 Å². The van der Waals surface area contributed by atoms with E-state index in [1.807, 2.05) is 0 Å². The number of hydrogen-bond acceptors (Lipinski definition) is 4. The van der Waals surface area contributed by atoms with E-state index in [-0.39, 0.29) is 0 Å². The van der Waals surface area contributed by atoms with E-state index in [4.69, 9.17) is 0 Å². The van der Waals surface area contributed by atoms with Gasteiger partial charge in [0.25, 0.3) is 0 Å². The Balaban J connectivity index is 1.11. The predicted octanol–water partition coefficient (Wildman–Crippen LogP) is 5.60. The maximum absolute atomic E-state index is 3.59. The third-order valence-corrected chi connectivity index (χ3v) is 7.79. The summed E-state index contributed by atoms with van der Waals surface area (Å²) in [5, 5.41) is 0. The molecule has 2 fully saturated rings. The molecule has 4 rings (SSSR count). The maximum Gasteiger partial charge on any atom is 0.0260 e. The number of allylic oxidation sites excluding steroid dienone is 4. The molecule has 4 N–H and O–H groups in total. The summed E-state index contributed by atoms with van der Waals surface area (Å²) in [5.74, 6) is 1.78. The summed E-state index contributed by atoms with van der Waals surface area (Å²) in [4.78, 5) is 0. The minimum Gasteiger partial charge on any atom is -0.326 e. The number of hydrazine groups is 2. The highest BCUT2D eigenvalue weighted by molar-refractivity contribution is 5.06. The van der Waals surface area contributed by atoms with Crippen LogP contribution >= 0.6 is 0 Å². The van der Waals surface area contributed by atoms with Crippen molar-refractivity contribution in [3.8, 4) is 0 Å². The topological polar surface area (TPSA) is 48.1 Å². The SMILES string of the molecule is C1=C(NNC2CCCCC2)CCC(CC2CC=C(NNC3CCCCC3)CC2)C1. The highest BCUT2D eigenvalue weighted by atomic mass is 15.4. The van der Waals surface area contributed by atoms with Crippen molar-refractivity contribution in [3.05, 3.63) is 23.5 Å². The van der Waals surface area contributed by atoms with Crippen molar-refractivity contribution in [2.45, 2.75) is 121 Å². The number of rotatable bonds is 8. The summed E-state index contributed by atoms with van der Waals surface area (Å²) in [6.45, 7) is 0. The molecule has 4 nitrogen and oxygen atoms in total. The Hall–Kier alpha value is -1.00. The highest BCUT2D eigenvalue weighted by Gasteiger charge is 2.22. The lowest BCUT2D eigenvalue weighted by Crippen LogP contribution is -2.42. The quantitative estimate of drug-likeness (QED) is 0.401. The van der Waals surface area contributed by atoms with Crippen LogP contribution in [0.2, 0.25) is 0 Å². The molecular weight excluding hydrogens is 356 g/mol. The molecule has 0 aliphatic heterocycles. The molecule has 0 aromatic heterocycles. The van der Waals surface area contributed by atoms with Crippen LogP contribution in [0.3, 0.4) is 0 Å². The summed E-state index contributed by atoms with van der Waals surface area (Å²) >= 11 is 0. The van der Waals surface area contributed by atoms with Gasteiger partial charge in [-0.05, 0) is 82.5 Å². The van der Waals surface area contributed by atoms with E-state index in [2.05, 4.69) is 33.9 Å². The zero-order valence-electron chi connectivity index (χ0n) is 18.5. The molecule has 0 spiro atoms. The van der Waals surface area contributed by atoms with Gasteiger partial charge in [0.15, 0.2) is 0 Å². The van der Waals surface area contributed by atoms with Crippen LogP contribution in [0, 0.1) is 11.8 Å². The first kappa shape index (κ1) is 21.2. The molecule has 4 aliphatic rings. The number of hydrogen-bond donors (Lipinski definition) is 4. The molecule has 2 unspecified atom stereocenters. The summed E-state index contributed by atoms with van der Waals surface area (Å²) in [5.41, 5.74) is 17.2. The molecular formula is C25H44N4. The fourth-order valence-electron chi connectivity index (χ4n) is 5.79. The van der Waals surface area contributed by atoms with E-state index in [1.54, 1.807) is 0 Å². The Morgan fingerprint density at radius 3 is 1.41 bits per heavy atom. The lowest BCUT2D eigenvalue weighted by Gasteiger charge is -2.31. The van der Waals surface area contributed by atoms with Gasteiger partial charge >= 0.3 is 0 Å². The molecule has 2 atom stereocenters. The van der Waals surface area contributed by atoms with Gasteiger partial charge in [-0.15, -0.1) is 0 Å². The standard InChI is InChI=1S/C25H44N4/c1-3-7-22(8-4-1)26-28-24-15-11-20(12-16-24)19-21-13-17-25(18-14-21)29-27-23-9-5-2-6-10-23/h15,17,20-23,26-29H,1-14,16,18-19H2. The molecule has 29 heavy (non-hydrogen) atoms. The molecule has 0 saturated heterocycles. The van der Waals surface area contributed by atoms with Crippen LogP contribution in [-0.4, -0.2) is 12.1 Å². The van der Waals surface area contributed by atoms with E-state index in [9.17, 15) is 0 Å². The average Bonchev–Trinajstić information content (AvgIpc) is 2.80. The van der Waals surface area contributed by atoms with Gasteiger partial charge in [0.05, 0.1) is 0 Å². The summed E-state index contributed by atoms with van der Waals surface area (Å²) in [7, 11) is 0. The average molecular weight is 401 g/mol. The molecule has 4 aliphatic carbocycles. The Labute approximate surface area is 178 Å². The van der Waals surface area contributed by atoms with Crippen LogP contribution in [0.5, 0.6) is 0 Å². The van der Waals surface area contributed by atoms with Gasteiger partial charge in [0.1, 0.15) is 0 Å². The monoisotopic (exact) mass is 400 g/mol. The first-order chi connectivity index (χ1) is 14.3. The summed E-state index contributed by atoms with van der Waals surface area (Å²) in [6.07, 6.45) is 27.9. The normalized spacial score (nSPS) is 29.8. The van der Waals surface area contributed by atoms with Crippen LogP contribution in [0.1, 0.15) is 109 Å². The molecule has 164 valence electrons. The van der Waals surface area contributed by atoms with Crippen LogP contribution < -0.4 is 21.7 Å². The molecule has 0 aromatic carbocycles. The lowest BCUT2D eigenvalue weighted by molar-refractivity contribution is 0.302. The summed E-state index contributed by atoms with van der Waals surface area (Å²) < 4.78 is 0. The third kappa shape index (κ3) is 7.03. The molecule has 2 saturated carbocycles. The third-order valence-electron chi connectivity index (χ3n) is 7.79. The first-order valence-electron chi connectivity index (χ1n) is 12.8. The Kier molecular flexibility index (Phi) is 8.36. The van der Waals surface area contributed by atoms with Crippen LogP contribution in [0.4, 0.5) is 0 Å². The molecule has 0 amide bonds. The lowest BCUT2D eigenvalue weighted by atomic mass is 9.80. The van der Waals surface area contributed by atoms with Crippen LogP contribution in [0.25, 0.3) is 0 Å². The second-order valence-corrected chi connectivity index (χ2v) is 10.2. The fraction of sp³-hybridized carbons (Fsp3) is 0.840. The van der Waals surface area contributed by atoms with Crippen molar-refractivity contribution < 1.29 is 0 Å². The van der Waals surface area contributed by atoms with Gasteiger partial charge in [0, 0.05) is 23.5 Å². The summed E-state index contributed by atoms with van der Waals surface area (Å²) in [6, 6.07) is 1.37. The van der Waals surface area contributed by atoms with Crippen LogP contribution in [-0.2, 0) is 0 Å². The first-order valence-corrected chi connectivity index (χ1v) is 12.8. The predicted molar refractivity (Wildman–Crippen MR) is 122 cm³/mol. The maximum atomic E-state index is 3.59. The largest absolute Gasteiger partial charge is 0.326 e. The van der Waals surface area contributed by atoms with Crippen molar-refractivity contribution in [1.29, 1.82) is 0 Å². The molecule has 0 heterocycles. The van der Waals surface area contributed by atoms with Crippen molar-refractivity contribution in [2.75, 3.05) is 0 Å². The zero-order valence-corrected chi connectivity index (χ0v) is 18.5. The highest BCUT2D eigenvalue weighted by Crippen LogP contribution is 2.33. The smallest absolute Gasteiger partial charge is 0.0260 e. The second-order valence-electron chi connectivity index (χ2n) is 10.2. The van der Waals surface area contributed by atoms with Gasteiger partial charge < -0.3 is 10.9 Å². The van der Waals surface area contributed by atoms with E-state index in [0.717, 1.165) is 11.8 Å². The van der Waals surface area contributed by atoms with E-state index < -0.39 is 0 Å². The van der Waals surface area contributed by atoms with Gasteiger partial charge in [-0.25, -0.2) is 10.9 Å². The van der Waals surface area contributed by atoms with Gasteiger partial charge in [-0.2, -0.15) is 0 Å². The number of nitrogens with one attached hydrogen (secondary N) is 4. The van der Waals surface area contributed by atoms with E-state index in [0.29, 0.717) is 12.1 Å². The Bertz CT molecular complexity index is 495. The van der Waals surface area contributed by atoms with E-state index >= 15 is 0 Å².